The fraction of sp³-hybridized carbons (Fsp3) is 0.400. The van der Waals surface area contributed by atoms with Gasteiger partial charge < -0.3 is 14.6 Å². The first-order valence-electron chi connectivity index (χ1n) is 7.88. The Hall–Kier alpha value is -2.21. The molecule has 148 valence electrons. The van der Waals surface area contributed by atoms with Crippen molar-refractivity contribution < 1.29 is 18.1 Å². The summed E-state index contributed by atoms with van der Waals surface area (Å²) < 4.78 is 34.4. The maximum absolute atomic E-state index is 13.2. The van der Waals surface area contributed by atoms with Gasteiger partial charge in [-0.1, -0.05) is 0 Å². The number of rotatable bonds is 5. The molecule has 1 fully saturated rings. The van der Waals surface area contributed by atoms with E-state index in [0.717, 1.165) is 6.07 Å². The van der Waals surface area contributed by atoms with Crippen molar-refractivity contribution in [2.75, 3.05) is 26.7 Å². The number of nitro groups is 1. The van der Waals surface area contributed by atoms with Crippen LogP contribution in [0, 0.1) is 10.1 Å². The van der Waals surface area contributed by atoms with Gasteiger partial charge in [-0.3, -0.25) is 10.1 Å². The number of hydrogen-bond donors (Lipinski definition) is 1. The normalized spacial score (nSPS) is 17.9. The van der Waals surface area contributed by atoms with Gasteiger partial charge in [0.05, 0.1) is 23.0 Å². The zero-order chi connectivity index (χ0) is 18.9. The van der Waals surface area contributed by atoms with Gasteiger partial charge in [-0.05, 0) is 12.1 Å². The van der Waals surface area contributed by atoms with Crippen LogP contribution in [0.5, 0.6) is 5.75 Å². The number of methoxy groups -OCH3 is 1. The van der Waals surface area contributed by atoms with Gasteiger partial charge in [0.1, 0.15) is 5.82 Å². The van der Waals surface area contributed by atoms with E-state index in [-0.39, 0.29) is 29.6 Å². The van der Waals surface area contributed by atoms with E-state index in [1.807, 2.05) is 0 Å². The molecule has 0 spiro atoms. The molecule has 2 aromatic rings. The molecule has 27 heavy (non-hydrogen) atoms. The van der Waals surface area contributed by atoms with Gasteiger partial charge in [0, 0.05) is 45.1 Å². The second-order valence-corrected chi connectivity index (χ2v) is 7.71. The van der Waals surface area contributed by atoms with Crippen LogP contribution in [-0.2, 0) is 17.1 Å². The number of benzene rings is 1. The zero-order valence-electron chi connectivity index (χ0n) is 14.7. The van der Waals surface area contributed by atoms with Crippen molar-refractivity contribution in [3.63, 3.8) is 0 Å². The Kier molecular flexibility index (Phi) is 6.42. The lowest BCUT2D eigenvalue weighted by Gasteiger charge is -2.34. The first-order valence-corrected chi connectivity index (χ1v) is 9.32. The predicted molar refractivity (Wildman–Crippen MR) is 99.6 cm³/mol. The monoisotopic (exact) mass is 417 g/mol. The highest BCUT2D eigenvalue weighted by molar-refractivity contribution is 7.89. The molecule has 2 heterocycles. The van der Waals surface area contributed by atoms with Crippen molar-refractivity contribution in [2.45, 2.75) is 10.9 Å². The second-order valence-electron chi connectivity index (χ2n) is 5.82. The molecule has 0 radical (unpaired) electrons. The summed E-state index contributed by atoms with van der Waals surface area (Å²) in [7, 11) is -0.868. The maximum atomic E-state index is 13.2. The number of nitrogens with one attached hydrogen (secondary N) is 1. The van der Waals surface area contributed by atoms with Gasteiger partial charge in [0.2, 0.25) is 10.0 Å². The third-order valence-electron chi connectivity index (χ3n) is 4.30. The summed E-state index contributed by atoms with van der Waals surface area (Å²) in [6.07, 6.45) is 3.35. The van der Waals surface area contributed by atoms with Crippen molar-refractivity contribution in [1.29, 1.82) is 0 Å². The predicted octanol–water partition coefficient (Wildman–Crippen LogP) is 1.09. The van der Waals surface area contributed by atoms with E-state index in [2.05, 4.69) is 10.3 Å². The number of sulfonamides is 1. The van der Waals surface area contributed by atoms with Crippen LogP contribution in [0.1, 0.15) is 11.9 Å². The van der Waals surface area contributed by atoms with Gasteiger partial charge in [0.15, 0.2) is 5.75 Å². The number of hydrogen-bond acceptors (Lipinski definition) is 7. The molecular formula is C15H20ClN5O5S. The van der Waals surface area contributed by atoms with Crippen LogP contribution < -0.4 is 10.1 Å². The molecule has 1 N–H and O–H groups in total. The van der Waals surface area contributed by atoms with Gasteiger partial charge in [-0.25, -0.2) is 13.4 Å². The standard InChI is InChI=1S/C15H19N5O5S.ClH/c1-18-7-6-17-15(18)13-10-16-5-8-19(13)26(23,24)11-3-4-14(25-2)12(9-11)20(21)22;/h3-4,6-7,9,13,16H,5,8,10H2,1-2H3;1H. The zero-order valence-corrected chi connectivity index (χ0v) is 16.4. The van der Waals surface area contributed by atoms with Crippen LogP contribution in [-0.4, -0.2) is 53.9 Å². The van der Waals surface area contributed by atoms with Crippen molar-refractivity contribution in [1.82, 2.24) is 19.2 Å². The average molecular weight is 418 g/mol. The molecule has 12 heteroatoms. The molecule has 1 aliphatic heterocycles. The van der Waals surface area contributed by atoms with Crippen LogP contribution in [0.2, 0.25) is 0 Å². The van der Waals surface area contributed by atoms with Gasteiger partial charge in [0.25, 0.3) is 0 Å². The van der Waals surface area contributed by atoms with Gasteiger partial charge in [-0.2, -0.15) is 4.31 Å². The minimum absolute atomic E-state index is 0. The molecule has 3 rings (SSSR count). The number of ether oxygens (including phenoxy) is 1. The first kappa shape index (κ1) is 21.1. The third-order valence-corrected chi connectivity index (χ3v) is 6.21. The van der Waals surface area contributed by atoms with Crippen LogP contribution in [0.15, 0.2) is 35.5 Å². The molecule has 1 aliphatic rings. The molecule has 0 bridgehead atoms. The summed E-state index contributed by atoms with van der Waals surface area (Å²) in [6.45, 7) is 1.13. The van der Waals surface area contributed by atoms with E-state index in [1.54, 1.807) is 24.0 Å². The van der Waals surface area contributed by atoms with Crippen LogP contribution in [0.4, 0.5) is 5.69 Å². The van der Waals surface area contributed by atoms with E-state index in [0.29, 0.717) is 18.9 Å². The van der Waals surface area contributed by atoms with Gasteiger partial charge in [-0.15, -0.1) is 12.4 Å². The lowest BCUT2D eigenvalue weighted by atomic mass is 10.2. The second kappa shape index (κ2) is 8.21. The molecule has 1 saturated heterocycles. The fourth-order valence-electron chi connectivity index (χ4n) is 3.00. The fourth-order valence-corrected chi connectivity index (χ4v) is 4.61. The average Bonchev–Trinajstić information content (AvgIpc) is 3.06. The van der Waals surface area contributed by atoms with Crippen LogP contribution in [0.3, 0.4) is 0 Å². The van der Waals surface area contributed by atoms with E-state index < -0.39 is 26.7 Å². The summed E-state index contributed by atoms with van der Waals surface area (Å²) in [6, 6.07) is 3.14. The van der Waals surface area contributed by atoms with E-state index >= 15 is 0 Å². The molecule has 1 unspecified atom stereocenters. The topological polar surface area (TPSA) is 120 Å². The van der Waals surface area contributed by atoms with Crippen LogP contribution in [0.25, 0.3) is 0 Å². The number of halogens is 1. The number of aromatic nitrogens is 2. The molecule has 1 aromatic carbocycles. The number of aryl methyl sites for hydroxylation is 1. The SMILES string of the molecule is COc1ccc(S(=O)(=O)N2CCNCC2c2nccn2C)cc1[N+](=O)[O-].Cl. The summed E-state index contributed by atoms with van der Waals surface area (Å²) in [5.74, 6) is 0.610. The number of piperazine rings is 1. The summed E-state index contributed by atoms with van der Waals surface area (Å²) >= 11 is 0. The highest BCUT2D eigenvalue weighted by atomic mass is 35.5. The van der Waals surface area contributed by atoms with Gasteiger partial charge >= 0.3 is 5.69 Å². The maximum Gasteiger partial charge on any atom is 0.312 e. The van der Waals surface area contributed by atoms with Crippen molar-refractivity contribution >= 4 is 28.1 Å². The number of nitrogens with zero attached hydrogens (tertiary/aromatic N) is 4. The molecule has 0 aliphatic carbocycles. The number of imidazole rings is 1. The molecule has 0 saturated carbocycles. The van der Waals surface area contributed by atoms with Crippen molar-refractivity contribution in [3.05, 3.63) is 46.5 Å². The lowest BCUT2D eigenvalue weighted by molar-refractivity contribution is -0.386. The smallest absolute Gasteiger partial charge is 0.312 e. The Morgan fingerprint density at radius 1 is 1.41 bits per heavy atom. The Bertz CT molecular complexity index is 932. The van der Waals surface area contributed by atoms with E-state index in [9.17, 15) is 18.5 Å². The third kappa shape index (κ3) is 3.90. The minimum atomic E-state index is -3.96. The summed E-state index contributed by atoms with van der Waals surface area (Å²) in [5.41, 5.74) is -0.391. The Labute approximate surface area is 162 Å². The number of nitro benzene ring substituents is 1. The van der Waals surface area contributed by atoms with Crippen molar-refractivity contribution in [2.24, 2.45) is 7.05 Å². The molecule has 0 amide bonds. The molecule has 1 atom stereocenters. The molecule has 1 aromatic heterocycles. The quantitative estimate of drug-likeness (QED) is 0.571. The lowest BCUT2D eigenvalue weighted by Crippen LogP contribution is -2.49. The summed E-state index contributed by atoms with van der Waals surface area (Å²) in [4.78, 5) is 14.7. The van der Waals surface area contributed by atoms with Crippen molar-refractivity contribution in [3.8, 4) is 5.75 Å². The summed E-state index contributed by atoms with van der Waals surface area (Å²) in [5, 5.41) is 14.4. The minimum Gasteiger partial charge on any atom is -0.490 e. The highest BCUT2D eigenvalue weighted by Gasteiger charge is 2.37. The van der Waals surface area contributed by atoms with E-state index in [4.69, 9.17) is 4.74 Å². The molecular weight excluding hydrogens is 398 g/mol. The Morgan fingerprint density at radius 3 is 2.74 bits per heavy atom. The van der Waals surface area contributed by atoms with Crippen LogP contribution >= 0.6 is 12.4 Å². The van der Waals surface area contributed by atoms with E-state index in [1.165, 1.54) is 23.5 Å². The largest absolute Gasteiger partial charge is 0.490 e. The Balaban J connectivity index is 0.00000261. The highest BCUT2D eigenvalue weighted by Crippen LogP contribution is 2.33. The molecule has 10 nitrogen and oxygen atoms in total. The first-order chi connectivity index (χ1) is 12.4. The Morgan fingerprint density at radius 2 is 2.15 bits per heavy atom.